The average molecular weight is 357 g/mol. The number of carboxylic acids is 1. The zero-order valence-electron chi connectivity index (χ0n) is 11.7. The number of carbonyl (C=O) groups is 2. The van der Waals surface area contributed by atoms with Gasteiger partial charge in [0, 0.05) is 29.3 Å². The van der Waals surface area contributed by atoms with E-state index in [9.17, 15) is 14.4 Å². The molecule has 114 valence electrons. The summed E-state index contributed by atoms with van der Waals surface area (Å²) in [5.41, 5.74) is -0.258. The molecule has 1 fully saturated rings. The van der Waals surface area contributed by atoms with Crippen molar-refractivity contribution in [1.29, 1.82) is 0 Å². The Balaban J connectivity index is 2.13. The van der Waals surface area contributed by atoms with Gasteiger partial charge >= 0.3 is 5.97 Å². The van der Waals surface area contributed by atoms with Gasteiger partial charge in [0.05, 0.1) is 5.92 Å². The van der Waals surface area contributed by atoms with Crippen LogP contribution in [-0.4, -0.2) is 39.0 Å². The van der Waals surface area contributed by atoms with Crippen LogP contribution in [0.4, 0.5) is 0 Å². The van der Waals surface area contributed by atoms with Crippen molar-refractivity contribution < 1.29 is 14.7 Å². The van der Waals surface area contributed by atoms with Crippen LogP contribution in [-0.2, 0) is 16.1 Å². The van der Waals surface area contributed by atoms with Crippen molar-refractivity contribution in [3.63, 3.8) is 0 Å². The molecule has 1 aromatic heterocycles. The number of nitrogens with zero attached hydrogens (tertiary/aromatic N) is 2. The van der Waals surface area contributed by atoms with Crippen LogP contribution in [0.5, 0.6) is 0 Å². The number of amides is 1. The van der Waals surface area contributed by atoms with Crippen molar-refractivity contribution in [2.24, 2.45) is 5.92 Å². The van der Waals surface area contributed by atoms with Crippen molar-refractivity contribution in [2.75, 3.05) is 6.54 Å². The van der Waals surface area contributed by atoms with Crippen LogP contribution in [0.1, 0.15) is 19.8 Å². The van der Waals surface area contributed by atoms with Crippen LogP contribution < -0.4 is 5.56 Å². The fourth-order valence-corrected chi connectivity index (χ4v) is 2.90. The first-order valence-electron chi connectivity index (χ1n) is 6.76. The number of pyridine rings is 1. The maximum Gasteiger partial charge on any atom is 0.308 e. The van der Waals surface area contributed by atoms with E-state index < -0.39 is 11.9 Å². The van der Waals surface area contributed by atoms with E-state index in [0.717, 1.165) is 0 Å². The molecule has 0 saturated carbocycles. The van der Waals surface area contributed by atoms with Crippen molar-refractivity contribution in [3.8, 4) is 0 Å². The molecule has 21 heavy (non-hydrogen) atoms. The highest BCUT2D eigenvalue weighted by Crippen LogP contribution is 2.22. The van der Waals surface area contributed by atoms with Gasteiger partial charge in [0.2, 0.25) is 5.91 Å². The highest BCUT2D eigenvalue weighted by atomic mass is 79.9. The van der Waals surface area contributed by atoms with E-state index in [1.165, 1.54) is 10.6 Å². The van der Waals surface area contributed by atoms with E-state index in [1.54, 1.807) is 17.2 Å². The molecule has 1 saturated heterocycles. The average Bonchev–Trinajstić information content (AvgIpc) is 2.43. The van der Waals surface area contributed by atoms with Crippen LogP contribution in [0, 0.1) is 5.92 Å². The first kappa shape index (κ1) is 15.8. The number of halogens is 1. The van der Waals surface area contributed by atoms with Crippen LogP contribution in [0.15, 0.2) is 27.6 Å². The molecule has 1 amide bonds. The number of hydrogen-bond donors (Lipinski definition) is 1. The molecular formula is C14H17BrN2O4. The third kappa shape index (κ3) is 3.72. The third-order valence-corrected chi connectivity index (χ3v) is 4.27. The summed E-state index contributed by atoms with van der Waals surface area (Å²) in [5, 5.41) is 9.09. The predicted octanol–water partition coefficient (Wildman–Crippen LogP) is 1.32. The number of rotatable bonds is 3. The largest absolute Gasteiger partial charge is 0.481 e. The standard InChI is InChI=1S/C14H17BrN2O4/c1-9-2-3-10(14(20)21)6-17(9)13(19)8-16-7-11(15)4-5-12(16)18/h4-5,7,9-10H,2-3,6,8H2,1H3,(H,20,21). The normalized spacial score (nSPS) is 22.1. The zero-order chi connectivity index (χ0) is 15.6. The van der Waals surface area contributed by atoms with Crippen LogP contribution in [0.2, 0.25) is 0 Å². The van der Waals surface area contributed by atoms with E-state index in [1.807, 2.05) is 6.92 Å². The molecule has 6 nitrogen and oxygen atoms in total. The number of aliphatic carboxylic acids is 1. The number of carboxylic acid groups (broad SMARTS) is 1. The molecule has 2 unspecified atom stereocenters. The van der Waals surface area contributed by atoms with Crippen LogP contribution >= 0.6 is 15.9 Å². The summed E-state index contributed by atoms with van der Waals surface area (Å²) in [5.74, 6) is -1.63. The Morgan fingerprint density at radius 3 is 2.76 bits per heavy atom. The summed E-state index contributed by atoms with van der Waals surface area (Å²) in [7, 11) is 0. The van der Waals surface area contributed by atoms with Gasteiger partial charge in [0.15, 0.2) is 0 Å². The highest BCUT2D eigenvalue weighted by molar-refractivity contribution is 9.10. The van der Waals surface area contributed by atoms with Gasteiger partial charge in [-0.3, -0.25) is 14.4 Å². The summed E-state index contributed by atoms with van der Waals surface area (Å²) in [6.07, 6.45) is 2.80. The molecule has 0 aliphatic carbocycles. The van der Waals surface area contributed by atoms with Gasteiger partial charge in [-0.1, -0.05) is 0 Å². The molecule has 0 spiro atoms. The molecule has 2 rings (SSSR count). The number of aromatic nitrogens is 1. The number of hydrogen-bond acceptors (Lipinski definition) is 3. The van der Waals surface area contributed by atoms with Crippen molar-refractivity contribution in [2.45, 2.75) is 32.4 Å². The molecule has 0 aromatic carbocycles. The van der Waals surface area contributed by atoms with E-state index in [0.29, 0.717) is 17.3 Å². The zero-order valence-corrected chi connectivity index (χ0v) is 13.2. The SMILES string of the molecule is CC1CCC(C(=O)O)CN1C(=O)Cn1cc(Br)ccc1=O. The second kappa shape index (κ2) is 6.43. The molecule has 1 aliphatic heterocycles. The quantitative estimate of drug-likeness (QED) is 0.885. The van der Waals surface area contributed by atoms with Crippen molar-refractivity contribution in [3.05, 3.63) is 33.2 Å². The monoisotopic (exact) mass is 356 g/mol. The van der Waals surface area contributed by atoms with Gasteiger partial charge in [-0.15, -0.1) is 0 Å². The minimum atomic E-state index is -0.876. The molecule has 0 radical (unpaired) electrons. The fraction of sp³-hybridized carbons (Fsp3) is 0.500. The summed E-state index contributed by atoms with van der Waals surface area (Å²) in [6.45, 7) is 2.03. The lowest BCUT2D eigenvalue weighted by Gasteiger charge is -2.36. The van der Waals surface area contributed by atoms with E-state index in [4.69, 9.17) is 5.11 Å². The van der Waals surface area contributed by atoms with Gasteiger partial charge in [-0.05, 0) is 41.8 Å². The van der Waals surface area contributed by atoms with E-state index >= 15 is 0 Å². The highest BCUT2D eigenvalue weighted by Gasteiger charge is 2.32. The Kier molecular flexibility index (Phi) is 4.82. The lowest BCUT2D eigenvalue weighted by Crippen LogP contribution is -2.49. The van der Waals surface area contributed by atoms with Gasteiger partial charge in [0.1, 0.15) is 6.54 Å². The topological polar surface area (TPSA) is 79.6 Å². The fourth-order valence-electron chi connectivity index (χ4n) is 2.52. The summed E-state index contributed by atoms with van der Waals surface area (Å²) in [4.78, 5) is 36.7. The molecule has 2 heterocycles. The van der Waals surface area contributed by atoms with Gasteiger partial charge in [-0.25, -0.2) is 0 Å². The summed E-state index contributed by atoms with van der Waals surface area (Å²) >= 11 is 3.26. The van der Waals surface area contributed by atoms with Gasteiger partial charge in [-0.2, -0.15) is 0 Å². The van der Waals surface area contributed by atoms with Crippen LogP contribution in [0.3, 0.4) is 0 Å². The Morgan fingerprint density at radius 1 is 1.38 bits per heavy atom. The number of likely N-dealkylation sites (tertiary alicyclic amines) is 1. The smallest absolute Gasteiger partial charge is 0.308 e. The molecule has 1 N–H and O–H groups in total. The molecule has 1 aliphatic rings. The molecule has 2 atom stereocenters. The second-order valence-corrected chi connectivity index (χ2v) is 6.24. The first-order chi connectivity index (χ1) is 9.88. The molecule has 0 bridgehead atoms. The minimum absolute atomic E-state index is 0.00375. The Labute approximate surface area is 130 Å². The lowest BCUT2D eigenvalue weighted by molar-refractivity contribution is -0.147. The maximum atomic E-state index is 12.4. The third-order valence-electron chi connectivity index (χ3n) is 3.80. The van der Waals surface area contributed by atoms with Gasteiger partial charge < -0.3 is 14.6 Å². The first-order valence-corrected chi connectivity index (χ1v) is 7.56. The minimum Gasteiger partial charge on any atom is -0.481 e. The predicted molar refractivity (Wildman–Crippen MR) is 79.9 cm³/mol. The van der Waals surface area contributed by atoms with Crippen molar-refractivity contribution >= 4 is 27.8 Å². The number of piperidine rings is 1. The van der Waals surface area contributed by atoms with Gasteiger partial charge in [0.25, 0.3) is 5.56 Å². The lowest BCUT2D eigenvalue weighted by atomic mass is 9.93. The maximum absolute atomic E-state index is 12.4. The molecule has 1 aromatic rings. The summed E-state index contributed by atoms with van der Waals surface area (Å²) < 4.78 is 2.04. The molecule has 7 heteroatoms. The number of carbonyl (C=O) groups excluding carboxylic acids is 1. The Morgan fingerprint density at radius 2 is 2.10 bits per heavy atom. The van der Waals surface area contributed by atoms with E-state index in [2.05, 4.69) is 15.9 Å². The molecular weight excluding hydrogens is 340 g/mol. The Hall–Kier alpha value is -1.63. The van der Waals surface area contributed by atoms with E-state index in [-0.39, 0.29) is 30.6 Å². The van der Waals surface area contributed by atoms with Crippen molar-refractivity contribution in [1.82, 2.24) is 9.47 Å². The second-order valence-electron chi connectivity index (χ2n) is 5.32. The van der Waals surface area contributed by atoms with Crippen LogP contribution in [0.25, 0.3) is 0 Å². The Bertz CT molecular complexity index is 613. The summed E-state index contributed by atoms with van der Waals surface area (Å²) in [6, 6.07) is 3.00.